The molecule has 2 saturated heterocycles. The van der Waals surface area contributed by atoms with Crippen molar-refractivity contribution in [3.63, 3.8) is 0 Å². The van der Waals surface area contributed by atoms with Crippen molar-refractivity contribution < 1.29 is 19.0 Å². The van der Waals surface area contributed by atoms with Crippen LogP contribution in [-0.2, 0) is 4.74 Å². The summed E-state index contributed by atoms with van der Waals surface area (Å²) in [4.78, 5) is 12.7. The molecule has 1 aromatic carbocycles. The Labute approximate surface area is 117 Å². The highest BCUT2D eigenvalue weighted by Gasteiger charge is 2.35. The van der Waals surface area contributed by atoms with Gasteiger partial charge in [0.05, 0.1) is 13.2 Å². The first-order valence-corrected chi connectivity index (χ1v) is 7.07. The summed E-state index contributed by atoms with van der Waals surface area (Å²) < 4.78 is 16.1. The predicted molar refractivity (Wildman–Crippen MR) is 71.2 cm³/mol. The molecule has 5 heteroatoms. The molecule has 0 aromatic heterocycles. The van der Waals surface area contributed by atoms with Crippen molar-refractivity contribution in [1.29, 1.82) is 0 Å². The number of ether oxygens (including phenoxy) is 3. The summed E-state index contributed by atoms with van der Waals surface area (Å²) in [6.45, 7) is 1.66. The van der Waals surface area contributed by atoms with Gasteiger partial charge in [-0.2, -0.15) is 0 Å². The van der Waals surface area contributed by atoms with Gasteiger partial charge in [-0.25, -0.2) is 0 Å². The molecule has 3 heterocycles. The van der Waals surface area contributed by atoms with E-state index in [0.717, 1.165) is 24.2 Å². The molecule has 1 aromatic rings. The van der Waals surface area contributed by atoms with Crippen molar-refractivity contribution >= 4 is 5.78 Å². The minimum Gasteiger partial charge on any atom is -0.454 e. The third kappa shape index (κ3) is 2.07. The van der Waals surface area contributed by atoms with Gasteiger partial charge in [-0.1, -0.05) is 0 Å². The van der Waals surface area contributed by atoms with Crippen molar-refractivity contribution in [3.8, 4) is 11.5 Å². The zero-order valence-electron chi connectivity index (χ0n) is 11.1. The number of nitrogens with one attached hydrogen (secondary N) is 1. The third-order valence-corrected chi connectivity index (χ3v) is 4.28. The van der Waals surface area contributed by atoms with Gasteiger partial charge in [0.25, 0.3) is 0 Å². The average Bonchev–Trinajstić information content (AvgIpc) is 2.93. The van der Waals surface area contributed by atoms with Crippen LogP contribution in [0.5, 0.6) is 11.5 Å². The van der Waals surface area contributed by atoms with Gasteiger partial charge in [-0.05, 0) is 31.0 Å². The maximum absolute atomic E-state index is 12.7. The third-order valence-electron chi connectivity index (χ3n) is 4.28. The van der Waals surface area contributed by atoms with E-state index in [-0.39, 0.29) is 18.5 Å². The Morgan fingerprint density at radius 1 is 1.10 bits per heavy atom. The van der Waals surface area contributed by atoms with E-state index in [0.29, 0.717) is 31.0 Å². The van der Waals surface area contributed by atoms with Crippen LogP contribution in [0.2, 0.25) is 0 Å². The lowest BCUT2D eigenvalue weighted by Crippen LogP contribution is -2.55. The largest absolute Gasteiger partial charge is 0.454 e. The Morgan fingerprint density at radius 3 is 2.65 bits per heavy atom. The molecule has 2 atom stereocenters. The van der Waals surface area contributed by atoms with Gasteiger partial charge >= 0.3 is 0 Å². The second-order valence-corrected chi connectivity index (χ2v) is 5.70. The molecular weight excluding hydrogens is 258 g/mol. The van der Waals surface area contributed by atoms with E-state index in [1.807, 2.05) is 12.1 Å². The fourth-order valence-electron chi connectivity index (χ4n) is 3.34. The highest BCUT2D eigenvalue weighted by molar-refractivity contribution is 5.98. The van der Waals surface area contributed by atoms with Gasteiger partial charge in [0.1, 0.15) is 0 Å². The summed E-state index contributed by atoms with van der Waals surface area (Å²) in [6.07, 6.45) is 1.70. The number of fused-ring (bicyclic) bond motifs is 3. The molecule has 0 spiro atoms. The zero-order chi connectivity index (χ0) is 13.5. The van der Waals surface area contributed by atoms with Gasteiger partial charge in [0, 0.05) is 23.6 Å². The summed E-state index contributed by atoms with van der Waals surface area (Å²) in [5.74, 6) is 1.68. The van der Waals surface area contributed by atoms with E-state index >= 15 is 0 Å². The smallest absolute Gasteiger partial charge is 0.231 e. The van der Waals surface area contributed by atoms with Gasteiger partial charge in [0.2, 0.25) is 6.79 Å². The molecule has 1 N–H and O–H groups in total. The minimum absolute atomic E-state index is 0.0792. The maximum Gasteiger partial charge on any atom is 0.231 e. The lowest BCUT2D eigenvalue weighted by atomic mass is 9.82. The number of carbonyl (C=O) groups excluding carboxylic acids is 1. The van der Waals surface area contributed by atoms with Crippen LogP contribution in [0.1, 0.15) is 23.2 Å². The standard InChI is InChI=1S/C15H17NO4/c17-15(9-1-2-13-14(5-9)20-8-19-13)10-3-11-6-18-7-12(4-10)16-11/h1-2,5,10-12,16H,3-4,6-8H2. The zero-order valence-corrected chi connectivity index (χ0v) is 11.1. The van der Waals surface area contributed by atoms with Crippen LogP contribution < -0.4 is 14.8 Å². The van der Waals surface area contributed by atoms with Gasteiger partial charge < -0.3 is 19.5 Å². The number of Topliss-reactive ketones (excluding diaryl/α,β-unsaturated/α-hetero) is 1. The van der Waals surface area contributed by atoms with Crippen LogP contribution in [0.4, 0.5) is 0 Å². The molecule has 2 unspecified atom stereocenters. The molecule has 20 heavy (non-hydrogen) atoms. The Bertz CT molecular complexity index is 533. The normalized spacial score (nSPS) is 31.1. The minimum atomic E-state index is 0.0792. The van der Waals surface area contributed by atoms with E-state index in [4.69, 9.17) is 14.2 Å². The van der Waals surface area contributed by atoms with Crippen LogP contribution in [0.15, 0.2) is 18.2 Å². The molecule has 2 bridgehead atoms. The lowest BCUT2D eigenvalue weighted by Gasteiger charge is -2.39. The Balaban J connectivity index is 1.55. The fourth-order valence-corrected chi connectivity index (χ4v) is 3.34. The van der Waals surface area contributed by atoms with Crippen LogP contribution in [0, 0.1) is 5.92 Å². The molecule has 0 saturated carbocycles. The summed E-state index contributed by atoms with van der Waals surface area (Å²) in [5, 5.41) is 3.51. The van der Waals surface area contributed by atoms with Crippen molar-refractivity contribution in [1.82, 2.24) is 5.32 Å². The van der Waals surface area contributed by atoms with Crippen LogP contribution in [0.3, 0.4) is 0 Å². The second kappa shape index (κ2) is 4.75. The van der Waals surface area contributed by atoms with Gasteiger partial charge in [0.15, 0.2) is 17.3 Å². The number of rotatable bonds is 2. The molecule has 0 amide bonds. The summed E-state index contributed by atoms with van der Waals surface area (Å²) in [5.41, 5.74) is 0.722. The first-order chi connectivity index (χ1) is 9.79. The van der Waals surface area contributed by atoms with Crippen LogP contribution in [-0.4, -0.2) is 37.9 Å². The van der Waals surface area contributed by atoms with E-state index in [1.165, 1.54) is 0 Å². The summed E-state index contributed by atoms with van der Waals surface area (Å²) in [6, 6.07) is 6.08. The molecule has 0 radical (unpaired) electrons. The summed E-state index contributed by atoms with van der Waals surface area (Å²) in [7, 11) is 0. The first-order valence-electron chi connectivity index (χ1n) is 7.07. The quantitative estimate of drug-likeness (QED) is 0.826. The molecule has 3 aliphatic heterocycles. The van der Waals surface area contributed by atoms with E-state index in [1.54, 1.807) is 6.07 Å². The van der Waals surface area contributed by atoms with Crippen molar-refractivity contribution in [2.24, 2.45) is 5.92 Å². The van der Waals surface area contributed by atoms with Crippen molar-refractivity contribution in [3.05, 3.63) is 23.8 Å². The molecule has 5 nitrogen and oxygen atoms in total. The van der Waals surface area contributed by atoms with Gasteiger partial charge in [-0.3, -0.25) is 4.79 Å². The highest BCUT2D eigenvalue weighted by atomic mass is 16.7. The monoisotopic (exact) mass is 275 g/mol. The Morgan fingerprint density at radius 2 is 1.85 bits per heavy atom. The van der Waals surface area contributed by atoms with Crippen LogP contribution >= 0.6 is 0 Å². The lowest BCUT2D eigenvalue weighted by molar-refractivity contribution is 0.00952. The van der Waals surface area contributed by atoms with Crippen LogP contribution in [0.25, 0.3) is 0 Å². The number of hydrogen-bond donors (Lipinski definition) is 1. The molecule has 106 valence electrons. The average molecular weight is 275 g/mol. The van der Waals surface area contributed by atoms with E-state index in [2.05, 4.69) is 5.32 Å². The van der Waals surface area contributed by atoms with Gasteiger partial charge in [-0.15, -0.1) is 0 Å². The first kappa shape index (κ1) is 12.2. The maximum atomic E-state index is 12.7. The number of morpholine rings is 1. The summed E-state index contributed by atoms with van der Waals surface area (Å²) >= 11 is 0. The molecule has 3 aliphatic rings. The van der Waals surface area contributed by atoms with E-state index < -0.39 is 0 Å². The SMILES string of the molecule is O=C(c1ccc2c(c1)OCO2)C1CC2COCC(C1)N2. The van der Waals surface area contributed by atoms with Crippen molar-refractivity contribution in [2.75, 3.05) is 20.0 Å². The fraction of sp³-hybridized carbons (Fsp3) is 0.533. The Kier molecular flexibility index (Phi) is 2.89. The van der Waals surface area contributed by atoms with Crippen molar-refractivity contribution in [2.45, 2.75) is 24.9 Å². The number of ketones is 1. The second-order valence-electron chi connectivity index (χ2n) is 5.70. The topological polar surface area (TPSA) is 56.8 Å². The molecular formula is C15H17NO4. The molecule has 4 rings (SSSR count). The molecule has 0 aliphatic carbocycles. The number of benzene rings is 1. The Hall–Kier alpha value is -1.59. The number of hydrogen-bond acceptors (Lipinski definition) is 5. The highest BCUT2D eigenvalue weighted by Crippen LogP contribution is 2.34. The molecule has 2 fully saturated rings. The number of piperidine rings is 1. The predicted octanol–water partition coefficient (Wildman–Crippen LogP) is 1.36. The number of carbonyl (C=O) groups is 1. The van der Waals surface area contributed by atoms with E-state index in [9.17, 15) is 4.79 Å².